The maximum Gasteiger partial charge on any atom is 0.410 e. The zero-order valence-electron chi connectivity index (χ0n) is 11.2. The molecule has 1 unspecified atom stereocenters. The Morgan fingerprint density at radius 3 is 2.22 bits per heavy atom. The van der Waals surface area contributed by atoms with Gasteiger partial charge in [0.05, 0.1) is 6.04 Å². The number of amides is 1. The van der Waals surface area contributed by atoms with Crippen LogP contribution in [0.3, 0.4) is 0 Å². The topological polar surface area (TPSA) is 55.6 Å². The summed E-state index contributed by atoms with van der Waals surface area (Å²) >= 11 is 0. The van der Waals surface area contributed by atoms with Crippen molar-refractivity contribution in [3.05, 3.63) is 0 Å². The molecular weight excluding hydrogens is 242 g/mol. The molecule has 1 rings (SSSR count). The summed E-state index contributed by atoms with van der Waals surface area (Å²) in [5, 5.41) is 0. The van der Waals surface area contributed by atoms with Crippen molar-refractivity contribution in [3.8, 4) is 0 Å². The molecule has 0 aromatic heterocycles. The molecule has 18 heavy (non-hydrogen) atoms. The third kappa shape index (κ3) is 4.40. The standard InChI is InChI=1S/C12H22F2N2O2/c1-12(2,3)18-11(17)16-6-4-8(5-7-16)9(15)10(13)14/h8-10H,4-7,15H2,1-3H3. The summed E-state index contributed by atoms with van der Waals surface area (Å²) < 4.78 is 30.1. The Morgan fingerprint density at radius 2 is 1.83 bits per heavy atom. The minimum atomic E-state index is -2.50. The first-order chi connectivity index (χ1) is 8.20. The van der Waals surface area contributed by atoms with Gasteiger partial charge in [0.15, 0.2) is 0 Å². The second kappa shape index (κ2) is 5.82. The zero-order valence-corrected chi connectivity index (χ0v) is 11.2. The van der Waals surface area contributed by atoms with Crippen LogP contribution in [0.1, 0.15) is 33.6 Å². The number of piperidine rings is 1. The lowest BCUT2D eigenvalue weighted by atomic mass is 9.90. The summed E-state index contributed by atoms with van der Waals surface area (Å²) in [6.45, 7) is 6.25. The first-order valence-electron chi connectivity index (χ1n) is 6.22. The molecular formula is C12H22F2N2O2. The highest BCUT2D eigenvalue weighted by atomic mass is 19.3. The number of ether oxygens (including phenoxy) is 1. The lowest BCUT2D eigenvalue weighted by molar-refractivity contribution is 0.0122. The van der Waals surface area contributed by atoms with Crippen LogP contribution in [0.5, 0.6) is 0 Å². The van der Waals surface area contributed by atoms with Gasteiger partial charge in [0.1, 0.15) is 5.60 Å². The van der Waals surface area contributed by atoms with E-state index in [9.17, 15) is 13.6 Å². The Morgan fingerprint density at radius 1 is 1.33 bits per heavy atom. The fraction of sp³-hybridized carbons (Fsp3) is 0.917. The number of likely N-dealkylation sites (tertiary alicyclic amines) is 1. The predicted octanol–water partition coefficient (Wildman–Crippen LogP) is 2.23. The van der Waals surface area contributed by atoms with Crippen LogP contribution in [-0.2, 0) is 4.74 Å². The SMILES string of the molecule is CC(C)(C)OC(=O)N1CCC(C(N)C(F)F)CC1. The van der Waals surface area contributed by atoms with Crippen LogP contribution < -0.4 is 5.73 Å². The molecule has 6 heteroatoms. The van der Waals surface area contributed by atoms with Crippen molar-refractivity contribution in [2.45, 2.75) is 51.7 Å². The third-order valence-corrected chi connectivity index (χ3v) is 3.03. The molecule has 1 atom stereocenters. The fourth-order valence-electron chi connectivity index (χ4n) is 2.00. The number of alkyl halides is 2. The van der Waals surface area contributed by atoms with E-state index in [1.54, 1.807) is 25.7 Å². The van der Waals surface area contributed by atoms with Crippen molar-refractivity contribution >= 4 is 6.09 Å². The van der Waals surface area contributed by atoms with Crippen molar-refractivity contribution in [3.63, 3.8) is 0 Å². The van der Waals surface area contributed by atoms with Crippen molar-refractivity contribution in [1.82, 2.24) is 4.90 Å². The average molecular weight is 264 g/mol. The first-order valence-corrected chi connectivity index (χ1v) is 6.22. The van der Waals surface area contributed by atoms with E-state index in [-0.39, 0.29) is 12.0 Å². The summed E-state index contributed by atoms with van der Waals surface area (Å²) in [6.07, 6.45) is -1.87. The Labute approximate surface area is 106 Å². The molecule has 106 valence electrons. The van der Waals surface area contributed by atoms with Crippen LogP contribution >= 0.6 is 0 Å². The number of nitrogens with two attached hydrogens (primary N) is 1. The molecule has 0 aliphatic carbocycles. The first kappa shape index (κ1) is 15.1. The normalized spacial score (nSPS) is 20.1. The van der Waals surface area contributed by atoms with Crippen molar-refractivity contribution < 1.29 is 18.3 Å². The second-order valence-corrected chi connectivity index (χ2v) is 5.72. The van der Waals surface area contributed by atoms with E-state index in [1.807, 2.05) is 0 Å². The molecule has 1 saturated heterocycles. The molecule has 0 aromatic rings. The van der Waals surface area contributed by atoms with E-state index in [0.717, 1.165) is 0 Å². The van der Waals surface area contributed by atoms with E-state index < -0.39 is 18.1 Å². The van der Waals surface area contributed by atoms with E-state index in [0.29, 0.717) is 25.9 Å². The van der Waals surface area contributed by atoms with Gasteiger partial charge >= 0.3 is 6.09 Å². The highest BCUT2D eigenvalue weighted by molar-refractivity contribution is 5.68. The van der Waals surface area contributed by atoms with E-state index in [2.05, 4.69) is 0 Å². The highest BCUT2D eigenvalue weighted by Crippen LogP contribution is 2.24. The molecule has 0 spiro atoms. The lowest BCUT2D eigenvalue weighted by Crippen LogP contribution is -2.47. The Kier molecular flexibility index (Phi) is 4.90. The summed E-state index contributed by atoms with van der Waals surface area (Å²) in [7, 11) is 0. The Hall–Kier alpha value is -0.910. The van der Waals surface area contributed by atoms with Crippen LogP contribution in [0.25, 0.3) is 0 Å². The highest BCUT2D eigenvalue weighted by Gasteiger charge is 2.32. The summed E-state index contributed by atoms with van der Waals surface area (Å²) in [5.41, 5.74) is 4.90. The number of nitrogens with zero attached hydrogens (tertiary/aromatic N) is 1. The van der Waals surface area contributed by atoms with Gasteiger partial charge in [-0.05, 0) is 39.5 Å². The van der Waals surface area contributed by atoms with Gasteiger partial charge in [-0.15, -0.1) is 0 Å². The van der Waals surface area contributed by atoms with Gasteiger partial charge in [-0.1, -0.05) is 0 Å². The van der Waals surface area contributed by atoms with E-state index in [4.69, 9.17) is 10.5 Å². The molecule has 1 heterocycles. The number of hydrogen-bond donors (Lipinski definition) is 1. The fourth-order valence-corrected chi connectivity index (χ4v) is 2.00. The minimum absolute atomic E-state index is 0.219. The van der Waals surface area contributed by atoms with E-state index >= 15 is 0 Å². The van der Waals surface area contributed by atoms with Crippen molar-refractivity contribution in [1.29, 1.82) is 0 Å². The number of halogens is 2. The van der Waals surface area contributed by atoms with Gasteiger partial charge in [-0.2, -0.15) is 0 Å². The third-order valence-electron chi connectivity index (χ3n) is 3.03. The van der Waals surface area contributed by atoms with Crippen LogP contribution in [0.15, 0.2) is 0 Å². The second-order valence-electron chi connectivity index (χ2n) is 5.72. The maximum atomic E-state index is 12.5. The number of rotatable bonds is 2. The molecule has 4 nitrogen and oxygen atoms in total. The van der Waals surface area contributed by atoms with Gasteiger partial charge in [-0.25, -0.2) is 13.6 Å². The quantitative estimate of drug-likeness (QED) is 0.832. The predicted molar refractivity (Wildman–Crippen MR) is 64.5 cm³/mol. The van der Waals surface area contributed by atoms with Gasteiger partial charge < -0.3 is 15.4 Å². The van der Waals surface area contributed by atoms with Gasteiger partial charge in [0.2, 0.25) is 0 Å². The Balaban J connectivity index is 2.42. The number of hydrogen-bond acceptors (Lipinski definition) is 3. The molecule has 0 saturated carbocycles. The smallest absolute Gasteiger partial charge is 0.410 e. The monoisotopic (exact) mass is 264 g/mol. The number of carbonyl (C=O) groups excluding carboxylic acids is 1. The van der Waals surface area contributed by atoms with Gasteiger partial charge in [0.25, 0.3) is 6.43 Å². The molecule has 1 fully saturated rings. The van der Waals surface area contributed by atoms with Gasteiger partial charge in [-0.3, -0.25) is 0 Å². The molecule has 1 aliphatic heterocycles. The van der Waals surface area contributed by atoms with E-state index in [1.165, 1.54) is 0 Å². The molecule has 0 radical (unpaired) electrons. The molecule has 2 N–H and O–H groups in total. The van der Waals surface area contributed by atoms with Crippen molar-refractivity contribution in [2.75, 3.05) is 13.1 Å². The van der Waals surface area contributed by atoms with Crippen molar-refractivity contribution in [2.24, 2.45) is 11.7 Å². The molecule has 1 aliphatic rings. The zero-order chi connectivity index (χ0) is 13.9. The molecule has 1 amide bonds. The Bertz CT molecular complexity index is 284. The maximum absolute atomic E-state index is 12.5. The van der Waals surface area contributed by atoms with Gasteiger partial charge in [0, 0.05) is 13.1 Å². The van der Waals surface area contributed by atoms with Crippen LogP contribution in [0.4, 0.5) is 13.6 Å². The lowest BCUT2D eigenvalue weighted by Gasteiger charge is -2.35. The minimum Gasteiger partial charge on any atom is -0.444 e. The van der Waals surface area contributed by atoms with Crippen LogP contribution in [0.2, 0.25) is 0 Å². The average Bonchev–Trinajstić information content (AvgIpc) is 2.26. The summed E-state index contributed by atoms with van der Waals surface area (Å²) in [6, 6.07) is -1.09. The largest absolute Gasteiger partial charge is 0.444 e. The molecule has 0 aromatic carbocycles. The molecule has 0 bridgehead atoms. The van der Waals surface area contributed by atoms with Crippen LogP contribution in [-0.4, -0.2) is 42.2 Å². The summed E-state index contributed by atoms with van der Waals surface area (Å²) in [5.74, 6) is -0.219. The number of carbonyl (C=O) groups is 1. The summed E-state index contributed by atoms with van der Waals surface area (Å²) in [4.78, 5) is 13.3. The van der Waals surface area contributed by atoms with Crippen LogP contribution in [0, 0.1) is 5.92 Å².